The number of esters is 1. The number of rotatable bonds is 30. The first kappa shape index (κ1) is 75.0. The van der Waals surface area contributed by atoms with Crippen LogP contribution in [0.15, 0.2) is 104 Å². The molecule has 36 nitrogen and oxygen atoms in total. The number of hydrogen-bond acceptors (Lipinski definition) is 17. The Hall–Kier alpha value is -13.2. The molecule has 1 aromatic carbocycles. The summed E-state index contributed by atoms with van der Waals surface area (Å²) in [5.74, 6) is -7.70. The average molecular weight is 1430 g/mol. The Labute approximate surface area is 593 Å². The van der Waals surface area contributed by atoms with Gasteiger partial charge >= 0.3 is 5.97 Å². The summed E-state index contributed by atoms with van der Waals surface area (Å²) in [5.41, 5.74) is 2.15. The summed E-state index contributed by atoms with van der Waals surface area (Å²) in [4.78, 5) is 172. The number of benzene rings is 1. The number of aromatic nitrogens is 11. The van der Waals surface area contributed by atoms with Gasteiger partial charge in [0.1, 0.15) is 40.3 Å². The van der Waals surface area contributed by atoms with Gasteiger partial charge in [-0.05, 0) is 87.9 Å². The van der Waals surface area contributed by atoms with Gasteiger partial charge in [0.15, 0.2) is 17.5 Å². The highest BCUT2D eigenvalue weighted by molar-refractivity contribution is 6.10. The summed E-state index contributed by atoms with van der Waals surface area (Å²) in [6.07, 6.45) is 14.7. The van der Waals surface area contributed by atoms with E-state index in [1.165, 1.54) is 126 Å². The molecule has 9 aromatic rings. The van der Waals surface area contributed by atoms with Crippen LogP contribution in [0.3, 0.4) is 0 Å². The summed E-state index contributed by atoms with van der Waals surface area (Å²) >= 11 is 0. The molecule has 0 aliphatic carbocycles. The van der Waals surface area contributed by atoms with Crippen molar-refractivity contribution in [3.63, 3.8) is 0 Å². The molecule has 0 saturated heterocycles. The number of halogens is 1. The van der Waals surface area contributed by atoms with Crippen molar-refractivity contribution in [1.82, 2.24) is 77.7 Å². The van der Waals surface area contributed by atoms with Gasteiger partial charge in [0, 0.05) is 144 Å². The SMILES string of the molecule is COC(=O)c1cc(F)cc(C(=O)NCCCN(C)CCCNC(=O)c2cc(NC(=O)c3cc(NC(=O)c4cc(NC(=O)c5nc(NC(=O)[C@@H](CCNC(=O)c6cc(NC(=O)c7cc(NC(=O)c8nc(NC(=O)c9nccn9C)cn8C)cn7C)cn6C)NC(C)=O)cn5C)cn4C)cn3C)cn2C)c1. The van der Waals surface area contributed by atoms with E-state index in [0.29, 0.717) is 44.7 Å². The third kappa shape index (κ3) is 18.8. The van der Waals surface area contributed by atoms with Crippen LogP contribution in [0.4, 0.5) is 44.5 Å². The molecular weight excluding hydrogens is 1350 g/mol. The molecule has 8 aromatic heterocycles. The molecule has 0 bridgehead atoms. The van der Waals surface area contributed by atoms with E-state index in [9.17, 15) is 61.9 Å². The topological polar surface area (TPSA) is 428 Å². The van der Waals surface area contributed by atoms with Gasteiger partial charge in [0.05, 0.1) is 41.1 Å². The largest absolute Gasteiger partial charge is 0.465 e. The molecule has 1 atom stereocenters. The molecule has 0 saturated carbocycles. The first-order valence-corrected chi connectivity index (χ1v) is 32.2. The maximum Gasteiger partial charge on any atom is 0.337 e. The van der Waals surface area contributed by atoms with E-state index in [2.05, 4.69) is 78.2 Å². The Morgan fingerprint density at radius 2 is 0.827 bits per heavy atom. The molecule has 0 aliphatic heterocycles. The monoisotopic (exact) mass is 1430 g/mol. The number of ether oxygens (including phenoxy) is 1. The molecule has 546 valence electrons. The van der Waals surface area contributed by atoms with E-state index in [4.69, 9.17) is 0 Å². The number of anilines is 7. The smallest absolute Gasteiger partial charge is 0.337 e. The van der Waals surface area contributed by atoms with Crippen molar-refractivity contribution in [1.29, 1.82) is 0 Å². The van der Waals surface area contributed by atoms with Crippen LogP contribution in [-0.4, -0.2) is 180 Å². The van der Waals surface area contributed by atoms with E-state index >= 15 is 0 Å². The van der Waals surface area contributed by atoms with Crippen molar-refractivity contribution in [2.24, 2.45) is 56.4 Å². The van der Waals surface area contributed by atoms with E-state index in [0.717, 1.165) is 19.2 Å². The van der Waals surface area contributed by atoms with Gasteiger partial charge in [0.25, 0.3) is 53.2 Å². The van der Waals surface area contributed by atoms with Crippen LogP contribution in [0.25, 0.3) is 0 Å². The highest BCUT2D eigenvalue weighted by Gasteiger charge is 2.27. The highest BCUT2D eigenvalue weighted by Crippen LogP contribution is 2.23. The fraction of sp³-hybridized carbons (Fsp3) is 0.299. The lowest BCUT2D eigenvalue weighted by Gasteiger charge is -2.17. The minimum atomic E-state index is -1.18. The molecule has 0 unspecified atom stereocenters. The number of methoxy groups -OCH3 is 1. The fourth-order valence-corrected chi connectivity index (χ4v) is 11.0. The Morgan fingerprint density at radius 3 is 1.24 bits per heavy atom. The van der Waals surface area contributed by atoms with Crippen molar-refractivity contribution in [2.75, 3.05) is 84.1 Å². The maximum absolute atomic E-state index is 14.0. The van der Waals surface area contributed by atoms with Crippen molar-refractivity contribution in [3.05, 3.63) is 167 Å². The van der Waals surface area contributed by atoms with E-state index in [1.54, 1.807) is 66.3 Å². The minimum absolute atomic E-state index is 0.00105. The van der Waals surface area contributed by atoms with Crippen molar-refractivity contribution in [2.45, 2.75) is 32.2 Å². The predicted octanol–water partition coefficient (Wildman–Crippen LogP) is 3.15. The molecule has 11 N–H and O–H groups in total. The van der Waals surface area contributed by atoms with Crippen LogP contribution in [0, 0.1) is 5.82 Å². The van der Waals surface area contributed by atoms with Gasteiger partial charge in [-0.2, -0.15) is 0 Å². The zero-order valence-electron chi connectivity index (χ0n) is 58.6. The van der Waals surface area contributed by atoms with Crippen molar-refractivity contribution >= 4 is 111 Å². The van der Waals surface area contributed by atoms with Crippen LogP contribution < -0.4 is 58.5 Å². The van der Waals surface area contributed by atoms with Gasteiger partial charge in [-0.1, -0.05) is 0 Å². The quantitative estimate of drug-likeness (QED) is 0.0227. The van der Waals surface area contributed by atoms with Crippen molar-refractivity contribution < 1.29 is 66.7 Å². The van der Waals surface area contributed by atoms with E-state index in [1.807, 2.05) is 11.9 Å². The lowest BCUT2D eigenvalue weighted by atomic mass is 10.1. The van der Waals surface area contributed by atoms with E-state index in [-0.39, 0.29) is 110 Å². The van der Waals surface area contributed by atoms with Crippen LogP contribution in [0.5, 0.6) is 0 Å². The lowest BCUT2D eigenvalue weighted by molar-refractivity contribution is -0.125. The maximum atomic E-state index is 14.0. The lowest BCUT2D eigenvalue weighted by Crippen LogP contribution is -2.45. The van der Waals surface area contributed by atoms with Gasteiger partial charge in [-0.3, -0.25) is 52.7 Å². The summed E-state index contributed by atoms with van der Waals surface area (Å²) in [6.45, 7) is 3.00. The second-order valence-corrected chi connectivity index (χ2v) is 24.4. The molecule has 104 heavy (non-hydrogen) atoms. The summed E-state index contributed by atoms with van der Waals surface area (Å²) in [6, 6.07) is 9.41. The number of hydrogen-bond donors (Lipinski definition) is 11. The third-order valence-corrected chi connectivity index (χ3v) is 16.2. The van der Waals surface area contributed by atoms with Crippen LogP contribution in [-0.2, 0) is 70.7 Å². The van der Waals surface area contributed by atoms with Gasteiger partial charge < -0.3 is 105 Å². The molecule has 0 spiro atoms. The summed E-state index contributed by atoms with van der Waals surface area (Å²) < 4.78 is 30.4. The number of aryl methyl sites for hydroxylation is 8. The van der Waals surface area contributed by atoms with Crippen molar-refractivity contribution in [3.8, 4) is 0 Å². The Balaban J connectivity index is 0.695. The Bertz CT molecular complexity index is 4820. The predicted molar refractivity (Wildman–Crippen MR) is 377 cm³/mol. The standard InChI is InChI=1S/C67H78FN23O13/c1-37(92)73-46(14-17-72-60(96)48-26-42(31-86(48)5)75-62(98)50-28-45(34-88(50)7)78-66(102)56-80-53(36-91(56)10)82-64(100)54-69-18-21-84(54)3)58(94)81-52-35-90(9)55(79-52)65(101)77-44-29-51(89(8)33-44)63(99)76-43-27-49(87(6)32-43)61(97)74-41-25-47(85(4)30-41)59(95)71-16-13-20-83(2)19-12-15-70-57(93)38-22-39(67(103)104-11)24-40(68)23-38/h18,21-36,46H,12-17,19-20H2,1-11H3,(H,70,93)(H,71,95)(H,72,96)(H,73,92)(H,74,97)(H,75,98)(H,76,99)(H,77,101)(H,78,102)(H,81,94)(H,82,100)/t46-/m1/s1. The van der Waals surface area contributed by atoms with Gasteiger partial charge in [-0.15, -0.1) is 0 Å². The van der Waals surface area contributed by atoms with Crippen LogP contribution in [0.2, 0.25) is 0 Å². The summed E-state index contributed by atoms with van der Waals surface area (Å²) in [7, 11) is 15.8. The molecular formula is C67H78FN23O13. The average Bonchev–Trinajstić information content (AvgIpc) is 1.44. The molecule has 0 aliphatic rings. The van der Waals surface area contributed by atoms with Crippen LogP contribution >= 0.6 is 0 Å². The molecule has 8 heterocycles. The van der Waals surface area contributed by atoms with E-state index < -0.39 is 76.9 Å². The molecule has 0 radical (unpaired) electrons. The minimum Gasteiger partial charge on any atom is -0.465 e. The number of nitrogens with zero attached hydrogens (tertiary/aromatic N) is 12. The van der Waals surface area contributed by atoms with Gasteiger partial charge in [0.2, 0.25) is 23.5 Å². The second kappa shape index (κ2) is 32.8. The number of carbonyl (C=O) groups excluding carboxylic acids is 12. The number of imidazole rings is 3. The molecule has 9 rings (SSSR count). The zero-order chi connectivity index (χ0) is 75.4. The molecule has 11 amide bonds. The molecule has 0 fully saturated rings. The third-order valence-electron chi connectivity index (χ3n) is 16.2. The first-order valence-electron chi connectivity index (χ1n) is 32.2. The highest BCUT2D eigenvalue weighted by atomic mass is 19.1. The first-order chi connectivity index (χ1) is 49.4. The Morgan fingerprint density at radius 1 is 0.442 bits per heavy atom. The number of nitrogens with one attached hydrogen (secondary N) is 11. The number of carbonyl (C=O) groups is 12. The van der Waals surface area contributed by atoms with Crippen LogP contribution in [0.1, 0.15) is 131 Å². The molecule has 37 heteroatoms. The fourth-order valence-electron chi connectivity index (χ4n) is 11.0. The summed E-state index contributed by atoms with van der Waals surface area (Å²) in [5, 5.41) is 29.8. The second-order valence-electron chi connectivity index (χ2n) is 24.4. The Kier molecular flexibility index (Phi) is 23.7. The zero-order valence-corrected chi connectivity index (χ0v) is 58.6. The van der Waals surface area contributed by atoms with Gasteiger partial charge in [-0.25, -0.2) is 24.1 Å². The number of amides is 11. The normalized spacial score (nSPS) is 11.3.